The van der Waals surface area contributed by atoms with Gasteiger partial charge in [0.1, 0.15) is 0 Å². The highest BCUT2D eigenvalue weighted by molar-refractivity contribution is 6.06. The SMILES string of the molecule is CN1CC(CN2C(=O)[C@@H]3[C@H](C2=O)[C@H]2CC[C@@H]3O2)Cc2ccccc21. The molecule has 5 rings (SSSR count). The standard InChI is InChI=1S/C19H22N2O3/c1-20-9-11(8-12-4-2-3-5-13(12)20)10-21-18(22)16-14-6-7-15(24-14)17(16)19(21)23/h2-5,11,14-17H,6-10H2,1H3/t11?,14-,15+,16-,17+. The summed E-state index contributed by atoms with van der Waals surface area (Å²) in [5, 5.41) is 0. The molecule has 0 aromatic heterocycles. The summed E-state index contributed by atoms with van der Waals surface area (Å²) in [6.45, 7) is 1.43. The van der Waals surface area contributed by atoms with Crippen LogP contribution in [0.5, 0.6) is 0 Å². The van der Waals surface area contributed by atoms with E-state index in [1.165, 1.54) is 11.3 Å². The van der Waals surface area contributed by atoms with Gasteiger partial charge in [0.2, 0.25) is 11.8 Å². The van der Waals surface area contributed by atoms with Crippen molar-refractivity contribution in [2.24, 2.45) is 17.8 Å². The molecule has 126 valence electrons. The van der Waals surface area contributed by atoms with Crippen molar-refractivity contribution in [3.05, 3.63) is 29.8 Å². The molecule has 0 spiro atoms. The van der Waals surface area contributed by atoms with Gasteiger partial charge in [-0.3, -0.25) is 14.5 Å². The first-order chi connectivity index (χ1) is 11.6. The molecule has 0 N–H and O–H groups in total. The summed E-state index contributed by atoms with van der Waals surface area (Å²) < 4.78 is 5.81. The first-order valence-electron chi connectivity index (χ1n) is 8.93. The van der Waals surface area contributed by atoms with Crippen LogP contribution in [-0.2, 0) is 20.7 Å². The van der Waals surface area contributed by atoms with E-state index in [-0.39, 0.29) is 35.9 Å². The lowest BCUT2D eigenvalue weighted by atomic mass is 9.81. The second kappa shape index (κ2) is 5.06. The molecule has 5 heteroatoms. The predicted molar refractivity (Wildman–Crippen MR) is 88.5 cm³/mol. The first-order valence-corrected chi connectivity index (χ1v) is 8.93. The van der Waals surface area contributed by atoms with Gasteiger partial charge in [-0.2, -0.15) is 0 Å². The molecule has 4 heterocycles. The molecule has 5 atom stereocenters. The molecule has 0 saturated carbocycles. The number of fused-ring (bicyclic) bond motifs is 6. The van der Waals surface area contributed by atoms with E-state index >= 15 is 0 Å². The molecular formula is C19H22N2O3. The molecule has 1 unspecified atom stereocenters. The van der Waals surface area contributed by atoms with E-state index in [0.29, 0.717) is 12.5 Å². The van der Waals surface area contributed by atoms with Gasteiger partial charge < -0.3 is 9.64 Å². The largest absolute Gasteiger partial charge is 0.374 e. The highest BCUT2D eigenvalue weighted by Crippen LogP contribution is 2.48. The van der Waals surface area contributed by atoms with Gasteiger partial charge in [0, 0.05) is 25.8 Å². The van der Waals surface area contributed by atoms with E-state index in [9.17, 15) is 9.59 Å². The van der Waals surface area contributed by atoms with Crippen LogP contribution in [0.3, 0.4) is 0 Å². The molecule has 2 bridgehead atoms. The summed E-state index contributed by atoms with van der Waals surface area (Å²) in [6.07, 6.45) is 2.75. The van der Waals surface area contributed by atoms with Crippen molar-refractivity contribution in [3.63, 3.8) is 0 Å². The zero-order chi connectivity index (χ0) is 16.4. The molecule has 4 aliphatic rings. The normalized spacial score (nSPS) is 37.1. The quantitative estimate of drug-likeness (QED) is 0.772. The summed E-state index contributed by atoms with van der Waals surface area (Å²) in [4.78, 5) is 29.4. The fourth-order valence-corrected chi connectivity index (χ4v) is 5.25. The maximum absolute atomic E-state index is 12.8. The van der Waals surface area contributed by atoms with Crippen LogP contribution in [0.2, 0.25) is 0 Å². The minimum Gasteiger partial charge on any atom is -0.374 e. The summed E-state index contributed by atoms with van der Waals surface area (Å²) in [5.74, 6) is -0.0812. The lowest BCUT2D eigenvalue weighted by molar-refractivity contribution is -0.143. The van der Waals surface area contributed by atoms with Gasteiger partial charge in [0.05, 0.1) is 24.0 Å². The Kier molecular flexibility index (Phi) is 3.05. The predicted octanol–water partition coefficient (Wildman–Crippen LogP) is 1.46. The Balaban J connectivity index is 1.36. The summed E-state index contributed by atoms with van der Waals surface area (Å²) in [6, 6.07) is 8.40. The van der Waals surface area contributed by atoms with E-state index in [1.807, 2.05) is 0 Å². The maximum atomic E-state index is 12.8. The Morgan fingerprint density at radius 2 is 1.75 bits per heavy atom. The number of amides is 2. The third-order valence-electron chi connectivity index (χ3n) is 6.26. The number of ether oxygens (including phenoxy) is 1. The van der Waals surface area contributed by atoms with Crippen LogP contribution in [-0.4, -0.2) is 49.1 Å². The highest BCUT2D eigenvalue weighted by Gasteiger charge is 2.62. The lowest BCUT2D eigenvalue weighted by Crippen LogP contribution is -2.43. The van der Waals surface area contributed by atoms with Crippen molar-refractivity contribution in [1.29, 1.82) is 0 Å². The number of hydrogen-bond donors (Lipinski definition) is 0. The van der Waals surface area contributed by atoms with Crippen LogP contribution in [0.4, 0.5) is 5.69 Å². The number of nitrogens with zero attached hydrogens (tertiary/aromatic N) is 2. The molecular weight excluding hydrogens is 304 g/mol. The summed E-state index contributed by atoms with van der Waals surface area (Å²) in [5.41, 5.74) is 2.56. The van der Waals surface area contributed by atoms with E-state index in [0.717, 1.165) is 25.8 Å². The van der Waals surface area contributed by atoms with Crippen LogP contribution < -0.4 is 4.90 Å². The Labute approximate surface area is 141 Å². The van der Waals surface area contributed by atoms with E-state index in [2.05, 4.69) is 36.2 Å². The number of benzene rings is 1. The zero-order valence-electron chi connectivity index (χ0n) is 13.9. The van der Waals surface area contributed by atoms with Crippen molar-refractivity contribution >= 4 is 17.5 Å². The van der Waals surface area contributed by atoms with Crippen molar-refractivity contribution < 1.29 is 14.3 Å². The molecule has 3 fully saturated rings. The van der Waals surface area contributed by atoms with Crippen molar-refractivity contribution in [1.82, 2.24) is 4.90 Å². The topological polar surface area (TPSA) is 49.9 Å². The summed E-state index contributed by atoms with van der Waals surface area (Å²) in [7, 11) is 2.08. The van der Waals surface area contributed by atoms with Gasteiger partial charge in [-0.05, 0) is 36.8 Å². The van der Waals surface area contributed by atoms with Crippen LogP contribution in [0.15, 0.2) is 24.3 Å². The number of likely N-dealkylation sites (tertiary alicyclic amines) is 1. The van der Waals surface area contributed by atoms with Crippen LogP contribution in [0, 0.1) is 17.8 Å². The third kappa shape index (κ3) is 1.91. The van der Waals surface area contributed by atoms with Crippen LogP contribution >= 0.6 is 0 Å². The molecule has 0 aliphatic carbocycles. The molecule has 1 aromatic carbocycles. The second-order valence-electron chi connectivity index (χ2n) is 7.71. The molecule has 24 heavy (non-hydrogen) atoms. The average Bonchev–Trinajstić information content (AvgIpc) is 3.25. The van der Waals surface area contributed by atoms with Crippen molar-refractivity contribution in [2.45, 2.75) is 31.5 Å². The van der Waals surface area contributed by atoms with Gasteiger partial charge in [-0.25, -0.2) is 0 Å². The van der Waals surface area contributed by atoms with Gasteiger partial charge >= 0.3 is 0 Å². The molecule has 1 aromatic rings. The van der Waals surface area contributed by atoms with Gasteiger partial charge in [-0.15, -0.1) is 0 Å². The molecule has 4 aliphatic heterocycles. The van der Waals surface area contributed by atoms with Gasteiger partial charge in [0.25, 0.3) is 0 Å². The van der Waals surface area contributed by atoms with E-state index < -0.39 is 0 Å². The average molecular weight is 326 g/mol. The Morgan fingerprint density at radius 3 is 2.46 bits per heavy atom. The summed E-state index contributed by atoms with van der Waals surface area (Å²) >= 11 is 0. The number of hydrogen-bond acceptors (Lipinski definition) is 4. The second-order valence-corrected chi connectivity index (χ2v) is 7.71. The molecule has 0 radical (unpaired) electrons. The number of carbonyl (C=O) groups is 2. The number of carbonyl (C=O) groups excluding carboxylic acids is 2. The monoisotopic (exact) mass is 326 g/mol. The number of anilines is 1. The molecule has 2 amide bonds. The first kappa shape index (κ1) is 14.5. The number of rotatable bonds is 2. The van der Waals surface area contributed by atoms with Gasteiger partial charge in [-0.1, -0.05) is 18.2 Å². The Bertz CT molecular complexity index is 690. The van der Waals surface area contributed by atoms with E-state index in [4.69, 9.17) is 4.74 Å². The molecule has 5 nitrogen and oxygen atoms in total. The minimum atomic E-state index is -0.204. The fourth-order valence-electron chi connectivity index (χ4n) is 5.25. The lowest BCUT2D eigenvalue weighted by Gasteiger charge is -2.35. The number of para-hydroxylation sites is 1. The highest BCUT2D eigenvalue weighted by atomic mass is 16.5. The van der Waals surface area contributed by atoms with Crippen molar-refractivity contribution in [2.75, 3.05) is 25.0 Å². The number of imide groups is 1. The maximum Gasteiger partial charge on any atom is 0.235 e. The molecule has 3 saturated heterocycles. The van der Waals surface area contributed by atoms with Crippen LogP contribution in [0.1, 0.15) is 18.4 Å². The van der Waals surface area contributed by atoms with E-state index in [1.54, 1.807) is 4.90 Å². The fraction of sp³-hybridized carbons (Fsp3) is 0.579. The Morgan fingerprint density at radius 1 is 1.08 bits per heavy atom. The Hall–Kier alpha value is -1.88. The zero-order valence-corrected chi connectivity index (χ0v) is 13.9. The van der Waals surface area contributed by atoms with Crippen LogP contribution in [0.25, 0.3) is 0 Å². The smallest absolute Gasteiger partial charge is 0.235 e. The third-order valence-corrected chi connectivity index (χ3v) is 6.26. The van der Waals surface area contributed by atoms with Gasteiger partial charge in [0.15, 0.2) is 0 Å². The minimum absolute atomic E-state index is 0.0127. The van der Waals surface area contributed by atoms with Crippen molar-refractivity contribution in [3.8, 4) is 0 Å².